The number of carboxylic acid groups (broad SMARTS) is 1. The average Bonchev–Trinajstić information content (AvgIpc) is 2.72. The Kier molecular flexibility index (Phi) is 6.29. The summed E-state index contributed by atoms with van der Waals surface area (Å²) in [6.07, 6.45) is 7.68. The SMILES string of the molecule is COc1ccc([C@@H]2[C@@H](C(=O)[O-])[C@@H]3C=CC=C[C@@H]3C(=O)N2CCCCl)cc1OC. The number of nitrogens with zero attached hydrogens (tertiary/aromatic N) is 1. The van der Waals surface area contributed by atoms with Crippen LogP contribution in [0.1, 0.15) is 18.0 Å². The number of hydrogen-bond acceptors (Lipinski definition) is 5. The number of piperidine rings is 1. The van der Waals surface area contributed by atoms with Gasteiger partial charge < -0.3 is 24.3 Å². The molecule has 1 aromatic rings. The number of carbonyl (C=O) groups is 2. The lowest BCUT2D eigenvalue weighted by Gasteiger charge is -2.49. The van der Waals surface area contributed by atoms with Crippen LogP contribution in [0.2, 0.25) is 0 Å². The first kappa shape index (κ1) is 20.3. The Bertz CT molecular complexity index is 806. The largest absolute Gasteiger partial charge is 0.550 e. The van der Waals surface area contributed by atoms with E-state index in [9.17, 15) is 14.7 Å². The maximum Gasteiger partial charge on any atom is 0.230 e. The number of hydrogen-bond donors (Lipinski definition) is 0. The summed E-state index contributed by atoms with van der Waals surface area (Å²) >= 11 is 5.86. The zero-order valence-corrected chi connectivity index (χ0v) is 16.6. The molecule has 1 fully saturated rings. The maximum absolute atomic E-state index is 13.2. The molecule has 0 radical (unpaired) electrons. The third-order valence-electron chi connectivity index (χ3n) is 5.39. The molecule has 0 unspecified atom stereocenters. The molecule has 3 rings (SSSR count). The van der Waals surface area contributed by atoms with E-state index in [0.29, 0.717) is 35.9 Å². The zero-order valence-electron chi connectivity index (χ0n) is 15.8. The lowest BCUT2D eigenvalue weighted by molar-refractivity contribution is -0.316. The average molecular weight is 405 g/mol. The molecule has 1 aliphatic heterocycles. The molecule has 7 heteroatoms. The van der Waals surface area contributed by atoms with E-state index in [4.69, 9.17) is 21.1 Å². The van der Waals surface area contributed by atoms with Gasteiger partial charge in [-0.3, -0.25) is 4.79 Å². The fourth-order valence-corrected chi connectivity index (χ4v) is 4.26. The van der Waals surface area contributed by atoms with Crippen molar-refractivity contribution in [3.05, 3.63) is 48.1 Å². The molecular formula is C21H23ClNO5-. The van der Waals surface area contributed by atoms with Crippen LogP contribution in [-0.2, 0) is 9.59 Å². The summed E-state index contributed by atoms with van der Waals surface area (Å²) in [7, 11) is 3.04. The van der Waals surface area contributed by atoms with E-state index in [1.54, 1.807) is 47.4 Å². The highest BCUT2D eigenvalue weighted by Crippen LogP contribution is 2.46. The lowest BCUT2D eigenvalue weighted by atomic mass is 9.69. The van der Waals surface area contributed by atoms with Crippen LogP contribution in [-0.4, -0.2) is 43.4 Å². The summed E-state index contributed by atoms with van der Waals surface area (Å²) in [6, 6.07) is 4.53. The summed E-state index contributed by atoms with van der Waals surface area (Å²) < 4.78 is 10.7. The van der Waals surface area contributed by atoms with Gasteiger partial charge in [-0.1, -0.05) is 30.4 Å². The number of fused-ring (bicyclic) bond motifs is 1. The molecule has 0 aromatic heterocycles. The quantitative estimate of drug-likeness (QED) is 0.649. The van der Waals surface area contributed by atoms with Crippen LogP contribution in [0.15, 0.2) is 42.5 Å². The Balaban J connectivity index is 2.11. The van der Waals surface area contributed by atoms with Crippen molar-refractivity contribution in [2.75, 3.05) is 26.6 Å². The minimum Gasteiger partial charge on any atom is -0.550 e. The van der Waals surface area contributed by atoms with Crippen LogP contribution >= 0.6 is 11.6 Å². The monoisotopic (exact) mass is 404 g/mol. The van der Waals surface area contributed by atoms with Crippen molar-refractivity contribution < 1.29 is 24.2 Å². The second-order valence-corrected chi connectivity index (χ2v) is 7.23. The molecule has 1 aliphatic carbocycles. The second kappa shape index (κ2) is 8.69. The zero-order chi connectivity index (χ0) is 20.3. The number of aliphatic carboxylic acids is 1. The van der Waals surface area contributed by atoms with Crippen LogP contribution < -0.4 is 14.6 Å². The maximum atomic E-state index is 13.2. The first-order chi connectivity index (χ1) is 13.5. The van der Waals surface area contributed by atoms with Gasteiger partial charge in [-0.25, -0.2) is 0 Å². The fraction of sp³-hybridized carbons (Fsp3) is 0.429. The molecule has 0 spiro atoms. The van der Waals surface area contributed by atoms with E-state index in [1.165, 1.54) is 14.2 Å². The van der Waals surface area contributed by atoms with Crippen molar-refractivity contribution in [1.29, 1.82) is 0 Å². The van der Waals surface area contributed by atoms with Gasteiger partial charge in [0, 0.05) is 30.2 Å². The third kappa shape index (κ3) is 3.61. The number of benzene rings is 1. The molecule has 4 atom stereocenters. The number of allylic oxidation sites excluding steroid dienone is 3. The van der Waals surface area contributed by atoms with Crippen LogP contribution in [0.5, 0.6) is 11.5 Å². The number of likely N-dealkylation sites (tertiary alicyclic amines) is 1. The number of ether oxygens (including phenoxy) is 2. The van der Waals surface area contributed by atoms with E-state index in [0.717, 1.165) is 0 Å². The molecule has 1 aromatic carbocycles. The number of amides is 1. The standard InChI is InChI=1S/C21H24ClNO5/c1-27-16-9-8-13(12-17(16)28-2)19-18(21(25)26)14-6-3-4-7-15(14)20(24)23(19)11-5-10-22/h3-4,6-9,12,14-15,18-19H,5,10-11H2,1-2H3,(H,25,26)/p-1/t14-,15+,18+,19-/m1/s1. The third-order valence-corrected chi connectivity index (χ3v) is 5.66. The molecule has 1 saturated heterocycles. The lowest BCUT2D eigenvalue weighted by Crippen LogP contribution is -2.56. The summed E-state index contributed by atoms with van der Waals surface area (Å²) in [5.74, 6) is -1.77. The summed E-state index contributed by atoms with van der Waals surface area (Å²) in [6.45, 7) is 0.367. The molecule has 28 heavy (non-hydrogen) atoms. The number of methoxy groups -OCH3 is 2. The molecule has 0 N–H and O–H groups in total. The number of alkyl halides is 1. The summed E-state index contributed by atoms with van der Waals surface area (Å²) in [5, 5.41) is 12.2. The molecule has 0 saturated carbocycles. The first-order valence-corrected chi connectivity index (χ1v) is 9.71. The number of rotatable bonds is 7. The molecular weight excluding hydrogens is 382 g/mol. The van der Waals surface area contributed by atoms with Gasteiger partial charge in [0.1, 0.15) is 0 Å². The number of carboxylic acids is 1. The van der Waals surface area contributed by atoms with Crippen molar-refractivity contribution in [1.82, 2.24) is 4.90 Å². The van der Waals surface area contributed by atoms with Gasteiger partial charge in [0.05, 0.1) is 26.2 Å². The first-order valence-electron chi connectivity index (χ1n) is 9.17. The van der Waals surface area contributed by atoms with Gasteiger partial charge in [-0.2, -0.15) is 0 Å². The van der Waals surface area contributed by atoms with E-state index in [-0.39, 0.29) is 5.91 Å². The fourth-order valence-electron chi connectivity index (χ4n) is 4.14. The Hall–Kier alpha value is -2.47. The van der Waals surface area contributed by atoms with Crippen molar-refractivity contribution >= 4 is 23.5 Å². The summed E-state index contributed by atoms with van der Waals surface area (Å²) in [5.41, 5.74) is 0.663. The smallest absolute Gasteiger partial charge is 0.230 e. The van der Waals surface area contributed by atoms with Gasteiger partial charge in [0.2, 0.25) is 5.91 Å². The number of halogens is 1. The molecule has 2 aliphatic rings. The van der Waals surface area contributed by atoms with Gasteiger partial charge >= 0.3 is 0 Å². The minimum absolute atomic E-state index is 0.104. The predicted molar refractivity (Wildman–Crippen MR) is 103 cm³/mol. The Morgan fingerprint density at radius 3 is 2.54 bits per heavy atom. The molecule has 1 heterocycles. The summed E-state index contributed by atoms with van der Waals surface area (Å²) in [4.78, 5) is 27.1. The highest BCUT2D eigenvalue weighted by molar-refractivity contribution is 6.17. The minimum atomic E-state index is -1.18. The number of carbonyl (C=O) groups excluding carboxylic acids is 2. The van der Waals surface area contributed by atoms with Gasteiger partial charge in [-0.05, 0) is 24.1 Å². The Morgan fingerprint density at radius 2 is 1.89 bits per heavy atom. The van der Waals surface area contributed by atoms with Gasteiger partial charge in [0.25, 0.3) is 0 Å². The van der Waals surface area contributed by atoms with Gasteiger partial charge in [-0.15, -0.1) is 11.6 Å². The van der Waals surface area contributed by atoms with Crippen LogP contribution in [0.3, 0.4) is 0 Å². The normalized spacial score (nSPS) is 26.1. The van der Waals surface area contributed by atoms with Crippen molar-refractivity contribution in [2.45, 2.75) is 12.5 Å². The van der Waals surface area contributed by atoms with Crippen LogP contribution in [0, 0.1) is 17.8 Å². The van der Waals surface area contributed by atoms with Crippen LogP contribution in [0.25, 0.3) is 0 Å². The van der Waals surface area contributed by atoms with Crippen molar-refractivity contribution in [3.63, 3.8) is 0 Å². The van der Waals surface area contributed by atoms with Crippen molar-refractivity contribution in [3.8, 4) is 11.5 Å². The van der Waals surface area contributed by atoms with E-state index >= 15 is 0 Å². The second-order valence-electron chi connectivity index (χ2n) is 6.85. The molecule has 6 nitrogen and oxygen atoms in total. The highest BCUT2D eigenvalue weighted by Gasteiger charge is 2.48. The van der Waals surface area contributed by atoms with E-state index in [2.05, 4.69) is 0 Å². The van der Waals surface area contributed by atoms with Crippen molar-refractivity contribution in [2.24, 2.45) is 17.8 Å². The molecule has 150 valence electrons. The highest BCUT2D eigenvalue weighted by atomic mass is 35.5. The van der Waals surface area contributed by atoms with E-state index < -0.39 is 29.8 Å². The molecule has 0 bridgehead atoms. The predicted octanol–water partition coefficient (Wildman–Crippen LogP) is 1.94. The Morgan fingerprint density at radius 1 is 1.18 bits per heavy atom. The topological polar surface area (TPSA) is 78.9 Å². The van der Waals surface area contributed by atoms with Crippen LogP contribution in [0.4, 0.5) is 0 Å². The van der Waals surface area contributed by atoms with Gasteiger partial charge in [0.15, 0.2) is 11.5 Å². The van der Waals surface area contributed by atoms with E-state index in [1.807, 2.05) is 0 Å². The Labute approximate surface area is 169 Å². The molecule has 1 amide bonds.